The van der Waals surface area contributed by atoms with E-state index in [9.17, 15) is 18.0 Å². The molecule has 0 aliphatic rings. The van der Waals surface area contributed by atoms with Crippen molar-refractivity contribution in [3.63, 3.8) is 0 Å². The van der Waals surface area contributed by atoms with Crippen molar-refractivity contribution < 1.29 is 18.0 Å². The van der Waals surface area contributed by atoms with Gasteiger partial charge in [-0.05, 0) is 44.9 Å². The van der Waals surface area contributed by atoms with Crippen molar-refractivity contribution in [2.75, 3.05) is 12.4 Å². The number of aryl methyl sites for hydroxylation is 1. The van der Waals surface area contributed by atoms with E-state index in [1.54, 1.807) is 19.1 Å². The van der Waals surface area contributed by atoms with Crippen LogP contribution >= 0.6 is 11.6 Å². The summed E-state index contributed by atoms with van der Waals surface area (Å²) in [6.45, 7) is 2.13. The lowest BCUT2D eigenvalue weighted by molar-refractivity contribution is -0.136. The molecule has 0 heterocycles. The predicted octanol–water partition coefficient (Wildman–Crippen LogP) is 0.930. The topological polar surface area (TPSA) is 120 Å². The van der Waals surface area contributed by atoms with Crippen molar-refractivity contribution in [3.05, 3.63) is 29.8 Å². The lowest BCUT2D eigenvalue weighted by atomic mass is 10.0. The van der Waals surface area contributed by atoms with Crippen LogP contribution < -0.4 is 11.5 Å². The summed E-state index contributed by atoms with van der Waals surface area (Å²) in [5, 5.41) is 0. The minimum Gasteiger partial charge on any atom is -0.330 e. The monoisotopic (exact) mass is 360 g/mol. The van der Waals surface area contributed by atoms with Crippen LogP contribution in [0.5, 0.6) is 0 Å². The van der Waals surface area contributed by atoms with Crippen LogP contribution in [0, 0.1) is 6.92 Å². The highest BCUT2D eigenvalue weighted by molar-refractivity contribution is 7.93. The summed E-state index contributed by atoms with van der Waals surface area (Å²) in [5.41, 5.74) is 12.2. The second-order valence-electron chi connectivity index (χ2n) is 5.34. The van der Waals surface area contributed by atoms with Gasteiger partial charge in [-0.25, -0.2) is 8.42 Å². The van der Waals surface area contributed by atoms with Crippen molar-refractivity contribution in [3.8, 4) is 0 Å². The summed E-state index contributed by atoms with van der Waals surface area (Å²) in [5.74, 6) is -2.82. The number of rotatable bonds is 9. The summed E-state index contributed by atoms with van der Waals surface area (Å²) in [6.07, 6.45) is 0.603. The summed E-state index contributed by atoms with van der Waals surface area (Å²) in [7, 11) is -4.24. The zero-order valence-corrected chi connectivity index (χ0v) is 14.5. The van der Waals surface area contributed by atoms with Crippen LogP contribution in [0.15, 0.2) is 29.2 Å². The normalized spacial score (nSPS) is 14.3. The van der Waals surface area contributed by atoms with Gasteiger partial charge in [-0.2, -0.15) is 0 Å². The predicted molar refractivity (Wildman–Crippen MR) is 88.9 cm³/mol. The molecule has 128 valence electrons. The molecule has 0 aliphatic heterocycles. The van der Waals surface area contributed by atoms with E-state index in [1.807, 2.05) is 0 Å². The van der Waals surface area contributed by atoms with Gasteiger partial charge in [0, 0.05) is 0 Å². The van der Waals surface area contributed by atoms with E-state index in [4.69, 9.17) is 23.1 Å². The van der Waals surface area contributed by atoms with Gasteiger partial charge in [0.15, 0.2) is 4.87 Å². The first-order valence-electron chi connectivity index (χ1n) is 7.14. The first-order chi connectivity index (χ1) is 10.7. The number of hydrogen-bond donors (Lipinski definition) is 2. The Labute approximate surface area is 141 Å². The number of ketones is 2. The van der Waals surface area contributed by atoms with Crippen molar-refractivity contribution in [2.45, 2.75) is 36.0 Å². The lowest BCUT2D eigenvalue weighted by Crippen LogP contribution is -2.57. The smallest absolute Gasteiger partial charge is 0.235 e. The highest BCUT2D eigenvalue weighted by Crippen LogP contribution is 2.28. The number of unbranched alkanes of at least 4 members (excludes halogenated alkanes) is 1. The maximum Gasteiger partial charge on any atom is 0.235 e. The molecule has 0 amide bonds. The summed E-state index contributed by atoms with van der Waals surface area (Å²) in [4.78, 5) is 21.5. The highest BCUT2D eigenvalue weighted by atomic mass is 35.5. The number of carbonyl (C=O) groups is 2. The molecule has 23 heavy (non-hydrogen) atoms. The first-order valence-corrected chi connectivity index (χ1v) is 9.16. The second kappa shape index (κ2) is 8.01. The second-order valence-corrected chi connectivity index (χ2v) is 7.81. The van der Waals surface area contributed by atoms with E-state index in [-0.39, 0.29) is 11.3 Å². The molecular weight excluding hydrogens is 340 g/mol. The molecule has 0 saturated carbocycles. The Hall–Kier alpha value is -1.28. The van der Waals surface area contributed by atoms with Crippen LogP contribution in [0.25, 0.3) is 0 Å². The van der Waals surface area contributed by atoms with Crippen LogP contribution in [-0.2, 0) is 19.4 Å². The molecule has 0 radical (unpaired) electrons. The molecule has 0 bridgehead atoms. The summed E-state index contributed by atoms with van der Waals surface area (Å²) in [6, 6.07) is 5.93. The fraction of sp³-hybridized carbons (Fsp3) is 0.467. The molecule has 0 aliphatic carbocycles. The number of alkyl halides is 1. The maximum atomic E-state index is 12.8. The Balaban J connectivity index is 3.34. The van der Waals surface area contributed by atoms with Crippen LogP contribution in [0.3, 0.4) is 0 Å². The third-order valence-electron chi connectivity index (χ3n) is 3.57. The Morgan fingerprint density at radius 1 is 1.17 bits per heavy atom. The van der Waals surface area contributed by atoms with Gasteiger partial charge >= 0.3 is 0 Å². The van der Waals surface area contributed by atoms with Crippen LogP contribution in [0.4, 0.5) is 0 Å². The van der Waals surface area contributed by atoms with E-state index in [1.165, 1.54) is 12.1 Å². The number of nitrogens with two attached hydrogens (primary N) is 2. The molecule has 0 spiro atoms. The van der Waals surface area contributed by atoms with E-state index in [0.717, 1.165) is 5.56 Å². The van der Waals surface area contributed by atoms with Crippen LogP contribution in [0.1, 0.15) is 24.8 Å². The fourth-order valence-corrected chi connectivity index (χ4v) is 3.93. The molecule has 0 fully saturated rings. The Morgan fingerprint density at radius 3 is 2.22 bits per heavy atom. The molecular formula is C15H21ClN2O4S. The van der Waals surface area contributed by atoms with E-state index < -0.39 is 32.2 Å². The van der Waals surface area contributed by atoms with Gasteiger partial charge in [0.25, 0.3) is 0 Å². The lowest BCUT2D eigenvalue weighted by Gasteiger charge is -2.27. The number of halogens is 1. The number of carbonyl (C=O) groups excluding carboxylic acids is 2. The minimum absolute atomic E-state index is 0.103. The molecule has 8 heteroatoms. The van der Waals surface area contributed by atoms with Gasteiger partial charge in [-0.3, -0.25) is 9.59 Å². The quantitative estimate of drug-likeness (QED) is 0.384. The number of hydrogen-bond acceptors (Lipinski definition) is 6. The molecule has 1 rings (SSSR count). The average molecular weight is 361 g/mol. The zero-order valence-electron chi connectivity index (χ0n) is 12.9. The third kappa shape index (κ3) is 4.17. The molecule has 0 saturated heterocycles. The molecule has 0 aromatic heterocycles. The SMILES string of the molecule is Cc1ccc(S(=O)(=O)[C@](N)(CCCCN)C(=O)C(=O)CCl)cc1. The van der Waals surface area contributed by atoms with Crippen LogP contribution in [0.2, 0.25) is 0 Å². The number of sulfone groups is 1. The van der Waals surface area contributed by atoms with Crippen molar-refractivity contribution in [2.24, 2.45) is 11.5 Å². The van der Waals surface area contributed by atoms with Crippen molar-refractivity contribution in [1.29, 1.82) is 0 Å². The third-order valence-corrected chi connectivity index (χ3v) is 6.06. The zero-order chi connectivity index (χ0) is 17.7. The van der Waals surface area contributed by atoms with Gasteiger partial charge in [0.2, 0.25) is 21.4 Å². The highest BCUT2D eigenvalue weighted by Gasteiger charge is 2.49. The first kappa shape index (κ1) is 19.8. The number of Topliss-reactive ketones (excluding diaryl/α,β-unsaturated/α-hetero) is 2. The molecule has 6 nitrogen and oxygen atoms in total. The van der Waals surface area contributed by atoms with Gasteiger partial charge < -0.3 is 11.5 Å². The maximum absolute atomic E-state index is 12.8. The van der Waals surface area contributed by atoms with Crippen LogP contribution in [-0.4, -0.2) is 37.3 Å². The minimum atomic E-state index is -4.24. The van der Waals surface area contributed by atoms with Gasteiger partial charge in [0.1, 0.15) is 0 Å². The average Bonchev–Trinajstić information content (AvgIpc) is 2.53. The summed E-state index contributed by atoms with van der Waals surface area (Å²) >= 11 is 5.39. The Kier molecular flexibility index (Phi) is 6.88. The molecule has 4 N–H and O–H groups in total. The van der Waals surface area contributed by atoms with E-state index in [2.05, 4.69) is 0 Å². The van der Waals surface area contributed by atoms with Gasteiger partial charge in [-0.1, -0.05) is 17.7 Å². The van der Waals surface area contributed by atoms with Gasteiger partial charge in [0.05, 0.1) is 10.8 Å². The standard InChI is InChI=1S/C15H21ClN2O4S/c1-11-4-6-12(7-5-11)23(21,22)15(18,8-2-3-9-17)14(20)13(19)10-16/h4-7H,2-3,8-10,17-18H2,1H3/t15-/m1/s1. The van der Waals surface area contributed by atoms with E-state index in [0.29, 0.717) is 19.4 Å². The Morgan fingerprint density at radius 2 is 1.74 bits per heavy atom. The van der Waals surface area contributed by atoms with Crippen molar-refractivity contribution in [1.82, 2.24) is 0 Å². The van der Waals surface area contributed by atoms with E-state index >= 15 is 0 Å². The Bertz CT molecular complexity index is 673. The number of benzene rings is 1. The fourth-order valence-electron chi connectivity index (χ4n) is 2.13. The summed E-state index contributed by atoms with van der Waals surface area (Å²) < 4.78 is 25.7. The molecule has 1 aromatic carbocycles. The molecule has 1 aromatic rings. The molecule has 0 unspecified atom stereocenters. The van der Waals surface area contributed by atoms with Crippen molar-refractivity contribution >= 4 is 33.0 Å². The molecule has 1 atom stereocenters. The largest absolute Gasteiger partial charge is 0.330 e. The van der Waals surface area contributed by atoms with Gasteiger partial charge in [-0.15, -0.1) is 11.6 Å².